The third-order valence-electron chi connectivity index (χ3n) is 2.32. The molecule has 0 saturated heterocycles. The quantitative estimate of drug-likeness (QED) is 0.745. The molecule has 1 aliphatic rings. The summed E-state index contributed by atoms with van der Waals surface area (Å²) in [5.41, 5.74) is 1.06. The number of aryl methyl sites for hydroxylation is 1. The molecule has 1 aromatic heterocycles. The van der Waals surface area contributed by atoms with Gasteiger partial charge in [-0.1, -0.05) is 0 Å². The number of imidazole rings is 1. The molecule has 1 aliphatic carbocycles. The van der Waals surface area contributed by atoms with Crippen molar-refractivity contribution in [2.75, 3.05) is 5.32 Å². The van der Waals surface area contributed by atoms with Crippen molar-refractivity contribution in [3.8, 4) is 0 Å². The Morgan fingerprint density at radius 1 is 1.60 bits per heavy atom. The molecule has 0 bridgehead atoms. The second-order valence-corrected chi connectivity index (χ2v) is 3.72. The van der Waals surface area contributed by atoms with Gasteiger partial charge in [0, 0.05) is 19.0 Å². The molecule has 6 heteroatoms. The van der Waals surface area contributed by atoms with Crippen molar-refractivity contribution >= 4 is 11.9 Å². The maximum absolute atomic E-state index is 13.0. The van der Waals surface area contributed by atoms with Crippen LogP contribution in [-0.2, 0) is 17.6 Å². The lowest BCUT2D eigenvalue weighted by atomic mass is 9.98. The molecule has 0 atom stereocenters. The summed E-state index contributed by atoms with van der Waals surface area (Å²) in [6.07, 6.45) is -0.252. The first-order valence-corrected chi connectivity index (χ1v) is 4.69. The van der Waals surface area contributed by atoms with Crippen LogP contribution < -0.4 is 5.32 Å². The van der Waals surface area contributed by atoms with Crippen molar-refractivity contribution in [1.29, 1.82) is 0 Å². The fraction of sp³-hybridized carbons (Fsp3) is 0.556. The van der Waals surface area contributed by atoms with E-state index in [2.05, 4.69) is 15.3 Å². The monoisotopic (exact) mass is 215 g/mol. The van der Waals surface area contributed by atoms with Crippen molar-refractivity contribution in [1.82, 2.24) is 9.97 Å². The minimum Gasteiger partial charge on any atom is -0.327 e. The Kier molecular flexibility index (Phi) is 2.21. The SMILES string of the molecule is CC(=O)Nc1nc2c([nH]1)CC(F)(F)CC2. The molecule has 0 unspecified atom stereocenters. The van der Waals surface area contributed by atoms with Gasteiger partial charge in [0.1, 0.15) is 0 Å². The van der Waals surface area contributed by atoms with Gasteiger partial charge >= 0.3 is 0 Å². The van der Waals surface area contributed by atoms with Crippen molar-refractivity contribution < 1.29 is 13.6 Å². The number of halogens is 2. The number of alkyl halides is 2. The summed E-state index contributed by atoms with van der Waals surface area (Å²) in [6.45, 7) is 1.34. The van der Waals surface area contributed by atoms with Gasteiger partial charge in [-0.3, -0.25) is 10.1 Å². The van der Waals surface area contributed by atoms with Crippen LogP contribution in [0.3, 0.4) is 0 Å². The van der Waals surface area contributed by atoms with E-state index in [-0.39, 0.29) is 31.1 Å². The molecule has 0 saturated carbocycles. The van der Waals surface area contributed by atoms with Gasteiger partial charge in [0.2, 0.25) is 11.9 Å². The summed E-state index contributed by atoms with van der Waals surface area (Å²) in [5.74, 6) is -2.68. The lowest BCUT2D eigenvalue weighted by Gasteiger charge is -2.20. The molecule has 0 aliphatic heterocycles. The summed E-state index contributed by atoms with van der Waals surface area (Å²) in [5, 5.41) is 2.44. The van der Waals surface area contributed by atoms with Gasteiger partial charge in [-0.15, -0.1) is 0 Å². The van der Waals surface area contributed by atoms with E-state index in [0.29, 0.717) is 11.4 Å². The molecular formula is C9H11F2N3O. The van der Waals surface area contributed by atoms with E-state index < -0.39 is 5.92 Å². The van der Waals surface area contributed by atoms with Crippen LogP contribution in [0, 0.1) is 0 Å². The van der Waals surface area contributed by atoms with Gasteiger partial charge in [0.15, 0.2) is 0 Å². The molecule has 1 amide bonds. The van der Waals surface area contributed by atoms with Crippen LogP contribution in [-0.4, -0.2) is 21.8 Å². The number of carbonyl (C=O) groups is 1. The summed E-state index contributed by atoms with van der Waals surface area (Å²) < 4.78 is 26.0. The Balaban J connectivity index is 2.22. The zero-order valence-corrected chi connectivity index (χ0v) is 8.23. The molecule has 0 fully saturated rings. The smallest absolute Gasteiger partial charge is 0.254 e. The predicted molar refractivity (Wildman–Crippen MR) is 49.9 cm³/mol. The van der Waals surface area contributed by atoms with Crippen molar-refractivity contribution in [3.05, 3.63) is 11.4 Å². The lowest BCUT2D eigenvalue weighted by Crippen LogP contribution is -2.25. The fourth-order valence-corrected chi connectivity index (χ4v) is 1.67. The number of aromatic nitrogens is 2. The average molecular weight is 215 g/mol. The zero-order valence-electron chi connectivity index (χ0n) is 8.23. The number of hydrogen-bond donors (Lipinski definition) is 2. The minimum atomic E-state index is -2.66. The Bertz CT molecular complexity index is 400. The van der Waals surface area contributed by atoms with Gasteiger partial charge in [-0.25, -0.2) is 13.8 Å². The summed E-state index contributed by atoms with van der Waals surface area (Å²) in [7, 11) is 0. The molecule has 2 rings (SSSR count). The molecule has 0 aromatic carbocycles. The maximum atomic E-state index is 13.0. The average Bonchev–Trinajstić information content (AvgIpc) is 2.42. The van der Waals surface area contributed by atoms with Gasteiger partial charge in [0.05, 0.1) is 12.1 Å². The molecule has 1 aromatic rings. The fourth-order valence-electron chi connectivity index (χ4n) is 1.67. The number of carbonyl (C=O) groups excluding carboxylic acids is 1. The van der Waals surface area contributed by atoms with E-state index in [1.807, 2.05) is 0 Å². The third-order valence-corrected chi connectivity index (χ3v) is 2.32. The summed E-state index contributed by atoms with van der Waals surface area (Å²) >= 11 is 0. The first-order valence-electron chi connectivity index (χ1n) is 4.69. The van der Waals surface area contributed by atoms with Gasteiger partial charge < -0.3 is 4.98 Å². The molecular weight excluding hydrogens is 204 g/mol. The molecule has 0 radical (unpaired) electrons. The number of fused-ring (bicyclic) bond motifs is 1. The Morgan fingerprint density at radius 3 is 3.00 bits per heavy atom. The van der Waals surface area contributed by atoms with Gasteiger partial charge in [-0.05, 0) is 6.42 Å². The van der Waals surface area contributed by atoms with Crippen LogP contribution in [0.5, 0.6) is 0 Å². The van der Waals surface area contributed by atoms with Crippen LogP contribution in [0.15, 0.2) is 0 Å². The zero-order chi connectivity index (χ0) is 11.1. The molecule has 82 valence electrons. The van der Waals surface area contributed by atoms with Crippen LogP contribution in [0.1, 0.15) is 24.7 Å². The van der Waals surface area contributed by atoms with E-state index in [1.165, 1.54) is 6.92 Å². The largest absolute Gasteiger partial charge is 0.327 e. The van der Waals surface area contributed by atoms with E-state index in [4.69, 9.17) is 0 Å². The molecule has 4 nitrogen and oxygen atoms in total. The lowest BCUT2D eigenvalue weighted by molar-refractivity contribution is -0.114. The molecule has 2 N–H and O–H groups in total. The van der Waals surface area contributed by atoms with E-state index >= 15 is 0 Å². The number of amides is 1. The van der Waals surface area contributed by atoms with Gasteiger partial charge in [0.25, 0.3) is 5.92 Å². The normalized spacial score (nSPS) is 18.3. The first-order chi connectivity index (χ1) is 6.96. The predicted octanol–water partition coefficient (Wildman–Crippen LogP) is 1.49. The highest BCUT2D eigenvalue weighted by Crippen LogP contribution is 2.32. The number of H-pyrrole nitrogens is 1. The van der Waals surface area contributed by atoms with Crippen molar-refractivity contribution in [2.45, 2.75) is 32.1 Å². The Morgan fingerprint density at radius 2 is 2.33 bits per heavy atom. The van der Waals surface area contributed by atoms with Gasteiger partial charge in [-0.2, -0.15) is 0 Å². The van der Waals surface area contributed by atoms with Crippen LogP contribution >= 0.6 is 0 Å². The van der Waals surface area contributed by atoms with E-state index in [9.17, 15) is 13.6 Å². The molecule has 1 heterocycles. The topological polar surface area (TPSA) is 57.8 Å². The standard InChI is InChI=1S/C9H11F2N3O/c1-5(15)12-8-13-6-2-3-9(10,11)4-7(6)14-8/h2-4H2,1H3,(H2,12,13,14,15). The Hall–Kier alpha value is -1.46. The number of nitrogens with zero attached hydrogens (tertiary/aromatic N) is 1. The van der Waals surface area contributed by atoms with Crippen LogP contribution in [0.25, 0.3) is 0 Å². The third kappa shape index (κ3) is 2.14. The molecule has 15 heavy (non-hydrogen) atoms. The summed E-state index contributed by atoms with van der Waals surface area (Å²) in [6, 6.07) is 0. The Labute approximate surface area is 85.1 Å². The number of anilines is 1. The minimum absolute atomic E-state index is 0.176. The number of rotatable bonds is 1. The first kappa shape index (κ1) is 10.1. The second kappa shape index (κ2) is 3.29. The van der Waals surface area contributed by atoms with E-state index in [0.717, 1.165) is 0 Å². The van der Waals surface area contributed by atoms with Crippen molar-refractivity contribution in [3.63, 3.8) is 0 Å². The van der Waals surface area contributed by atoms with Crippen LogP contribution in [0.2, 0.25) is 0 Å². The molecule has 0 spiro atoms. The van der Waals surface area contributed by atoms with E-state index in [1.54, 1.807) is 0 Å². The second-order valence-electron chi connectivity index (χ2n) is 3.72. The number of nitrogens with one attached hydrogen (secondary N) is 2. The highest BCUT2D eigenvalue weighted by molar-refractivity contribution is 5.86. The highest BCUT2D eigenvalue weighted by Gasteiger charge is 2.35. The number of hydrogen-bond acceptors (Lipinski definition) is 2. The summed E-state index contributed by atoms with van der Waals surface area (Å²) in [4.78, 5) is 17.5. The highest BCUT2D eigenvalue weighted by atomic mass is 19.3. The maximum Gasteiger partial charge on any atom is 0.254 e. The number of aromatic amines is 1. The van der Waals surface area contributed by atoms with Crippen molar-refractivity contribution in [2.24, 2.45) is 0 Å². The van der Waals surface area contributed by atoms with Crippen LogP contribution in [0.4, 0.5) is 14.7 Å².